The van der Waals surface area contributed by atoms with Crippen molar-refractivity contribution in [1.29, 1.82) is 0 Å². The molecular weight excluding hydrogens is 625 g/mol. The van der Waals surface area contributed by atoms with Crippen molar-refractivity contribution >= 4 is 41.2 Å². The van der Waals surface area contributed by atoms with Gasteiger partial charge in [-0.25, -0.2) is 14.1 Å². The maximum atomic E-state index is 14.0. The van der Waals surface area contributed by atoms with Crippen LogP contribution in [-0.4, -0.2) is 116 Å². The number of aromatic amines is 1. The van der Waals surface area contributed by atoms with Gasteiger partial charge in [0.05, 0.1) is 37.1 Å². The Morgan fingerprint density at radius 2 is 1.83 bits per heavy atom. The van der Waals surface area contributed by atoms with Gasteiger partial charge in [0, 0.05) is 55.3 Å². The number of aryl methyl sites for hydroxylation is 1. The van der Waals surface area contributed by atoms with Gasteiger partial charge in [-0.1, -0.05) is 13.8 Å². The van der Waals surface area contributed by atoms with Gasteiger partial charge in [-0.2, -0.15) is 0 Å². The molecule has 0 spiro atoms. The SMILES string of the molecule is CCN(CC)CCN(C(=O)OCCOCCNC(=O)CCOC(C)CCO)C(=O)c1c(C)[nH]c(/C=C2\C(=O)Nc3ccc(F)cc32)c1C. The molecule has 0 aliphatic carbocycles. The van der Waals surface area contributed by atoms with Gasteiger partial charge in [0.1, 0.15) is 12.4 Å². The molecule has 0 bridgehead atoms. The van der Waals surface area contributed by atoms with Gasteiger partial charge in [0.2, 0.25) is 5.91 Å². The highest BCUT2D eigenvalue weighted by Gasteiger charge is 2.30. The molecule has 2 heterocycles. The van der Waals surface area contributed by atoms with E-state index in [2.05, 4.69) is 20.5 Å². The van der Waals surface area contributed by atoms with Gasteiger partial charge in [-0.15, -0.1) is 0 Å². The fourth-order valence-electron chi connectivity index (χ4n) is 5.22. The minimum absolute atomic E-state index is 0.0274. The van der Waals surface area contributed by atoms with Gasteiger partial charge in [0.25, 0.3) is 11.8 Å². The number of carbonyl (C=O) groups is 4. The van der Waals surface area contributed by atoms with Crippen LogP contribution in [0.3, 0.4) is 0 Å². The number of aliphatic hydroxyl groups excluding tert-OH is 1. The van der Waals surface area contributed by atoms with Crippen molar-refractivity contribution in [3.8, 4) is 0 Å². The lowest BCUT2D eigenvalue weighted by molar-refractivity contribution is -0.122. The Balaban J connectivity index is 1.60. The fourth-order valence-corrected chi connectivity index (χ4v) is 5.22. The summed E-state index contributed by atoms with van der Waals surface area (Å²) in [5.41, 5.74) is 2.96. The van der Waals surface area contributed by atoms with E-state index in [1.165, 1.54) is 18.2 Å². The zero-order chi connectivity index (χ0) is 35.2. The zero-order valence-electron chi connectivity index (χ0n) is 28.4. The number of fused-ring (bicyclic) bond motifs is 1. The quantitative estimate of drug-likeness (QED) is 0.129. The van der Waals surface area contributed by atoms with Gasteiger partial charge in [-0.3, -0.25) is 14.4 Å². The van der Waals surface area contributed by atoms with Gasteiger partial charge in [0.15, 0.2) is 0 Å². The Labute approximate surface area is 280 Å². The predicted octanol–water partition coefficient (Wildman–Crippen LogP) is 3.49. The van der Waals surface area contributed by atoms with E-state index in [1.807, 2.05) is 20.8 Å². The van der Waals surface area contributed by atoms with Gasteiger partial charge in [-0.05, 0) is 70.1 Å². The lowest BCUT2D eigenvalue weighted by atomic mass is 10.0. The first-order valence-electron chi connectivity index (χ1n) is 16.3. The number of H-pyrrole nitrogens is 1. The van der Waals surface area contributed by atoms with Crippen LogP contribution in [0.1, 0.15) is 66.5 Å². The second kappa shape index (κ2) is 19.0. The van der Waals surface area contributed by atoms with Crippen molar-refractivity contribution in [3.63, 3.8) is 0 Å². The molecule has 1 aromatic carbocycles. The molecule has 0 saturated heterocycles. The van der Waals surface area contributed by atoms with Crippen LogP contribution in [0.2, 0.25) is 0 Å². The van der Waals surface area contributed by atoms with Crippen molar-refractivity contribution in [1.82, 2.24) is 20.1 Å². The number of aromatic nitrogens is 1. The van der Waals surface area contributed by atoms with E-state index < -0.39 is 23.7 Å². The summed E-state index contributed by atoms with van der Waals surface area (Å²) in [5, 5.41) is 14.3. The van der Waals surface area contributed by atoms with E-state index in [-0.39, 0.29) is 75.7 Å². The minimum atomic E-state index is -0.820. The van der Waals surface area contributed by atoms with Crippen LogP contribution >= 0.6 is 0 Å². The van der Waals surface area contributed by atoms with E-state index in [9.17, 15) is 23.6 Å². The number of imide groups is 1. The Bertz CT molecular complexity index is 1460. The van der Waals surface area contributed by atoms with Crippen LogP contribution in [0, 0.1) is 19.7 Å². The number of anilines is 1. The van der Waals surface area contributed by atoms with Crippen molar-refractivity contribution in [2.24, 2.45) is 0 Å². The molecule has 1 unspecified atom stereocenters. The summed E-state index contributed by atoms with van der Waals surface area (Å²) >= 11 is 0. The maximum Gasteiger partial charge on any atom is 0.416 e. The molecule has 1 aliphatic rings. The number of aliphatic hydroxyl groups is 1. The molecule has 4 amide bonds. The third kappa shape index (κ3) is 10.7. The maximum absolute atomic E-state index is 14.0. The molecule has 3 rings (SSSR count). The summed E-state index contributed by atoms with van der Waals surface area (Å²) in [6, 6.07) is 4.04. The molecule has 0 saturated carbocycles. The molecule has 13 nitrogen and oxygen atoms in total. The molecule has 1 aliphatic heterocycles. The summed E-state index contributed by atoms with van der Waals surface area (Å²) < 4.78 is 30.3. The molecule has 0 radical (unpaired) electrons. The number of hydrogen-bond donors (Lipinski definition) is 4. The fraction of sp³-hybridized carbons (Fsp3) is 0.529. The Morgan fingerprint density at radius 1 is 1.08 bits per heavy atom. The average molecular weight is 674 g/mol. The van der Waals surface area contributed by atoms with Crippen LogP contribution < -0.4 is 10.6 Å². The van der Waals surface area contributed by atoms with Crippen molar-refractivity contribution in [3.05, 3.63) is 52.1 Å². The van der Waals surface area contributed by atoms with E-state index in [0.717, 1.165) is 18.0 Å². The number of nitrogens with one attached hydrogen (secondary N) is 3. The number of halogens is 1. The second-order valence-electron chi connectivity index (χ2n) is 11.4. The molecule has 2 aromatic rings. The number of ether oxygens (including phenoxy) is 3. The third-order valence-corrected chi connectivity index (χ3v) is 8.03. The summed E-state index contributed by atoms with van der Waals surface area (Å²) in [6.45, 7) is 11.9. The zero-order valence-corrected chi connectivity index (χ0v) is 28.4. The van der Waals surface area contributed by atoms with Crippen LogP contribution in [-0.2, 0) is 23.8 Å². The number of likely N-dealkylation sites (N-methyl/N-ethyl adjacent to an activating group) is 1. The lowest BCUT2D eigenvalue weighted by Gasteiger charge is -2.25. The first-order valence-corrected chi connectivity index (χ1v) is 16.3. The highest BCUT2D eigenvalue weighted by molar-refractivity contribution is 6.35. The normalized spacial score (nSPS) is 13.8. The van der Waals surface area contributed by atoms with Crippen LogP contribution in [0.25, 0.3) is 11.6 Å². The number of carbonyl (C=O) groups excluding carboxylic acids is 4. The summed E-state index contributed by atoms with van der Waals surface area (Å²) in [4.78, 5) is 58.1. The number of amides is 4. The first kappa shape index (κ1) is 38.3. The van der Waals surface area contributed by atoms with E-state index in [0.29, 0.717) is 41.2 Å². The topological polar surface area (TPSA) is 163 Å². The Morgan fingerprint density at radius 3 is 2.54 bits per heavy atom. The largest absolute Gasteiger partial charge is 0.447 e. The van der Waals surface area contributed by atoms with Crippen molar-refractivity contribution in [2.75, 3.05) is 71.1 Å². The molecule has 264 valence electrons. The van der Waals surface area contributed by atoms with Crippen LogP contribution in [0.4, 0.5) is 14.9 Å². The highest BCUT2D eigenvalue weighted by Crippen LogP contribution is 2.34. The smallest absolute Gasteiger partial charge is 0.416 e. The first-order chi connectivity index (χ1) is 23.0. The average Bonchev–Trinajstić information content (AvgIpc) is 3.51. The number of rotatable bonds is 19. The van der Waals surface area contributed by atoms with Crippen LogP contribution in [0.15, 0.2) is 18.2 Å². The van der Waals surface area contributed by atoms with E-state index in [4.69, 9.17) is 19.3 Å². The summed E-state index contributed by atoms with van der Waals surface area (Å²) in [5.74, 6) is -1.61. The number of hydrogen-bond acceptors (Lipinski definition) is 9. The molecule has 1 atom stereocenters. The van der Waals surface area contributed by atoms with Crippen molar-refractivity contribution in [2.45, 2.75) is 53.6 Å². The van der Waals surface area contributed by atoms with Gasteiger partial charge < -0.3 is 39.8 Å². The standard InChI is InChI=1S/C34H48FN5O8/c1-6-39(7-2)13-14-40(34(45)48-19-18-46-17-12-36-30(42)11-16-47-22(3)10-15-41)33(44)31-23(4)29(37-24(31)5)21-27-26-20-25(35)8-9-28(26)38-32(27)43/h8-9,20-22,37,41H,6-7,10-19H2,1-5H3,(H,36,42)(H,38,43)/b27-21-. The lowest BCUT2D eigenvalue weighted by Crippen LogP contribution is -2.43. The number of benzene rings is 1. The second-order valence-corrected chi connectivity index (χ2v) is 11.4. The minimum Gasteiger partial charge on any atom is -0.447 e. The summed E-state index contributed by atoms with van der Waals surface area (Å²) in [6.07, 6.45) is 1.33. The highest BCUT2D eigenvalue weighted by atomic mass is 19.1. The monoisotopic (exact) mass is 673 g/mol. The third-order valence-electron chi connectivity index (χ3n) is 8.03. The molecule has 14 heteroatoms. The van der Waals surface area contributed by atoms with Crippen molar-refractivity contribution < 1.29 is 42.9 Å². The molecule has 4 N–H and O–H groups in total. The van der Waals surface area contributed by atoms with E-state index in [1.54, 1.807) is 19.9 Å². The molecular formula is C34H48FN5O8. The summed E-state index contributed by atoms with van der Waals surface area (Å²) in [7, 11) is 0. The molecule has 1 aromatic heterocycles. The molecule has 48 heavy (non-hydrogen) atoms. The Hall–Kier alpha value is -4.11. The number of nitrogens with zero attached hydrogens (tertiary/aromatic N) is 2. The predicted molar refractivity (Wildman–Crippen MR) is 179 cm³/mol. The van der Waals surface area contributed by atoms with Crippen LogP contribution in [0.5, 0.6) is 0 Å². The van der Waals surface area contributed by atoms with Gasteiger partial charge >= 0.3 is 6.09 Å². The van der Waals surface area contributed by atoms with E-state index >= 15 is 0 Å². The molecule has 0 fully saturated rings. The Kier molecular flexibility index (Phi) is 15.2.